The van der Waals surface area contributed by atoms with Gasteiger partial charge in [0.15, 0.2) is 0 Å². The van der Waals surface area contributed by atoms with Crippen LogP contribution in [0.15, 0.2) is 60.8 Å². The van der Waals surface area contributed by atoms with Crippen molar-refractivity contribution < 1.29 is 19.4 Å². The van der Waals surface area contributed by atoms with E-state index >= 15 is 0 Å². The molecule has 3 aromatic rings. The summed E-state index contributed by atoms with van der Waals surface area (Å²) in [6.07, 6.45) is 1.69. The third kappa shape index (κ3) is 4.39. The van der Waals surface area contributed by atoms with Gasteiger partial charge in [-0.25, -0.2) is 0 Å². The zero-order chi connectivity index (χ0) is 19.2. The molecule has 2 amide bonds. The number of nitrogens with one attached hydrogen (secondary N) is 2. The van der Waals surface area contributed by atoms with E-state index in [9.17, 15) is 14.7 Å². The molecule has 3 rings (SSSR count). The molecule has 0 aliphatic heterocycles. The summed E-state index contributed by atoms with van der Waals surface area (Å²) in [5.41, 5.74) is 1.69. The van der Waals surface area contributed by atoms with E-state index in [-0.39, 0.29) is 0 Å². The van der Waals surface area contributed by atoms with Crippen molar-refractivity contribution in [3.05, 3.63) is 66.4 Å². The maximum atomic E-state index is 12.4. The number of aromatic nitrogens is 1. The molecule has 0 saturated carbocycles. The van der Waals surface area contributed by atoms with Gasteiger partial charge in [0.2, 0.25) is 5.91 Å². The van der Waals surface area contributed by atoms with Gasteiger partial charge >= 0.3 is 0 Å². The van der Waals surface area contributed by atoms with Gasteiger partial charge in [-0.15, -0.1) is 0 Å². The number of hydrogen-bond donors (Lipinski definition) is 3. The highest BCUT2D eigenvalue weighted by molar-refractivity contribution is 6.02. The molecule has 0 spiro atoms. The number of carbonyl (C=O) groups is 2. The van der Waals surface area contributed by atoms with Crippen molar-refractivity contribution in [1.29, 1.82) is 0 Å². The number of nitrogens with zero attached hydrogens (tertiary/aromatic N) is 1. The first kappa shape index (κ1) is 18.3. The van der Waals surface area contributed by atoms with Gasteiger partial charge < -0.3 is 20.5 Å². The van der Waals surface area contributed by atoms with Gasteiger partial charge in [0.1, 0.15) is 11.8 Å². The Balaban J connectivity index is 1.70. The third-order valence-electron chi connectivity index (χ3n) is 4.01. The first-order chi connectivity index (χ1) is 13.1. The molecule has 7 nitrogen and oxygen atoms in total. The topological polar surface area (TPSA) is 101 Å². The Morgan fingerprint density at radius 1 is 1.15 bits per heavy atom. The number of aliphatic hydroxyl groups is 1. The molecule has 2 aromatic carbocycles. The maximum absolute atomic E-state index is 12.4. The Hall–Kier alpha value is -3.45. The normalized spacial score (nSPS) is 11.6. The minimum Gasteiger partial charge on any atom is -0.497 e. The van der Waals surface area contributed by atoms with Crippen LogP contribution in [0.4, 0.5) is 5.69 Å². The molecule has 27 heavy (non-hydrogen) atoms. The number of carbonyl (C=O) groups excluding carboxylic acids is 2. The molecule has 0 fully saturated rings. The van der Waals surface area contributed by atoms with Crippen LogP contribution in [0.5, 0.6) is 5.75 Å². The predicted molar refractivity (Wildman–Crippen MR) is 102 cm³/mol. The highest BCUT2D eigenvalue weighted by Gasteiger charge is 2.21. The highest BCUT2D eigenvalue weighted by atomic mass is 16.5. The Labute approximate surface area is 156 Å². The van der Waals surface area contributed by atoms with Gasteiger partial charge in [-0.1, -0.05) is 12.1 Å². The van der Waals surface area contributed by atoms with Crippen LogP contribution in [-0.2, 0) is 4.79 Å². The summed E-state index contributed by atoms with van der Waals surface area (Å²) >= 11 is 0. The van der Waals surface area contributed by atoms with Crippen LogP contribution in [0.1, 0.15) is 10.4 Å². The first-order valence-electron chi connectivity index (χ1n) is 8.32. The summed E-state index contributed by atoms with van der Waals surface area (Å²) in [6, 6.07) is 14.4. The van der Waals surface area contributed by atoms with E-state index < -0.39 is 24.5 Å². The molecule has 0 saturated heterocycles. The van der Waals surface area contributed by atoms with Crippen LogP contribution in [0.3, 0.4) is 0 Å². The summed E-state index contributed by atoms with van der Waals surface area (Å²) in [5, 5.41) is 15.6. The predicted octanol–water partition coefficient (Wildman–Crippen LogP) is 1.97. The lowest BCUT2D eigenvalue weighted by Crippen LogP contribution is -2.46. The standard InChI is InChI=1S/C20H19N3O4/c1-27-16-6-2-4-14(11-16)19(25)23-18(12-24)20(26)22-15-7-8-17-13(10-15)5-3-9-21-17/h2-11,18,24H,12H2,1H3,(H,22,26)(H,23,25)/t18-/m0/s1. The smallest absolute Gasteiger partial charge is 0.252 e. The zero-order valence-corrected chi connectivity index (χ0v) is 14.7. The number of methoxy groups -OCH3 is 1. The summed E-state index contributed by atoms with van der Waals surface area (Å²) in [4.78, 5) is 29.0. The van der Waals surface area contributed by atoms with Crippen LogP contribution < -0.4 is 15.4 Å². The molecule has 1 aromatic heterocycles. The second-order valence-electron chi connectivity index (χ2n) is 5.84. The van der Waals surface area contributed by atoms with Crippen molar-refractivity contribution in [2.24, 2.45) is 0 Å². The fraction of sp³-hybridized carbons (Fsp3) is 0.150. The number of aliphatic hydroxyl groups excluding tert-OH is 1. The van der Waals surface area contributed by atoms with Crippen LogP contribution >= 0.6 is 0 Å². The van der Waals surface area contributed by atoms with Crippen molar-refractivity contribution >= 4 is 28.4 Å². The number of hydrogen-bond acceptors (Lipinski definition) is 5. The first-order valence-corrected chi connectivity index (χ1v) is 8.32. The number of benzene rings is 2. The van der Waals surface area contributed by atoms with E-state index in [1.807, 2.05) is 6.07 Å². The van der Waals surface area contributed by atoms with E-state index in [2.05, 4.69) is 15.6 Å². The minimum absolute atomic E-state index is 0.331. The third-order valence-corrected chi connectivity index (χ3v) is 4.01. The van der Waals surface area contributed by atoms with E-state index in [1.54, 1.807) is 54.7 Å². The molecule has 1 heterocycles. The highest BCUT2D eigenvalue weighted by Crippen LogP contribution is 2.17. The Kier molecular flexibility index (Phi) is 5.63. The molecule has 0 bridgehead atoms. The van der Waals surface area contributed by atoms with Crippen molar-refractivity contribution in [3.63, 3.8) is 0 Å². The van der Waals surface area contributed by atoms with Crippen LogP contribution in [-0.4, -0.2) is 41.7 Å². The fourth-order valence-electron chi connectivity index (χ4n) is 2.58. The molecule has 0 aliphatic rings. The molecular formula is C20H19N3O4. The number of ether oxygens (including phenoxy) is 1. The van der Waals surface area contributed by atoms with Gasteiger partial charge in [-0.05, 0) is 42.5 Å². The van der Waals surface area contributed by atoms with Gasteiger partial charge in [-0.2, -0.15) is 0 Å². The number of anilines is 1. The summed E-state index contributed by atoms with van der Waals surface area (Å²) in [6.45, 7) is -0.531. The molecular weight excluding hydrogens is 346 g/mol. The monoisotopic (exact) mass is 365 g/mol. The number of rotatable bonds is 6. The van der Waals surface area contributed by atoms with Crippen molar-refractivity contribution in [1.82, 2.24) is 10.3 Å². The molecule has 7 heteroatoms. The summed E-state index contributed by atoms with van der Waals surface area (Å²) in [5.74, 6) is -0.472. The quantitative estimate of drug-likeness (QED) is 0.620. The fourth-order valence-corrected chi connectivity index (χ4v) is 2.58. The molecule has 1 atom stereocenters. The molecule has 138 valence electrons. The molecule has 3 N–H and O–H groups in total. The van der Waals surface area contributed by atoms with Crippen LogP contribution in [0.25, 0.3) is 10.9 Å². The molecule has 0 unspecified atom stereocenters. The van der Waals surface area contributed by atoms with Crippen LogP contribution in [0.2, 0.25) is 0 Å². The van der Waals surface area contributed by atoms with Crippen LogP contribution in [0, 0.1) is 0 Å². The van der Waals surface area contributed by atoms with Gasteiger partial charge in [0, 0.05) is 22.8 Å². The Morgan fingerprint density at radius 2 is 2.00 bits per heavy atom. The van der Waals surface area contributed by atoms with Crippen molar-refractivity contribution in [2.75, 3.05) is 19.0 Å². The second-order valence-corrected chi connectivity index (χ2v) is 5.84. The lowest BCUT2D eigenvalue weighted by atomic mass is 10.1. The molecule has 0 aliphatic carbocycles. The zero-order valence-electron chi connectivity index (χ0n) is 14.7. The summed E-state index contributed by atoms with van der Waals surface area (Å²) < 4.78 is 5.08. The van der Waals surface area contributed by atoms with Gasteiger partial charge in [0.25, 0.3) is 5.91 Å². The lowest BCUT2D eigenvalue weighted by molar-refractivity contribution is -0.118. The Morgan fingerprint density at radius 3 is 2.78 bits per heavy atom. The van der Waals surface area contributed by atoms with E-state index in [0.717, 1.165) is 10.9 Å². The van der Waals surface area contributed by atoms with Gasteiger partial charge in [0.05, 0.1) is 19.2 Å². The van der Waals surface area contributed by atoms with E-state index in [1.165, 1.54) is 7.11 Å². The maximum Gasteiger partial charge on any atom is 0.252 e. The van der Waals surface area contributed by atoms with Crippen molar-refractivity contribution in [2.45, 2.75) is 6.04 Å². The molecule has 0 radical (unpaired) electrons. The number of amides is 2. The average molecular weight is 365 g/mol. The van der Waals surface area contributed by atoms with E-state index in [0.29, 0.717) is 17.0 Å². The average Bonchev–Trinajstić information content (AvgIpc) is 2.71. The van der Waals surface area contributed by atoms with Crippen molar-refractivity contribution in [3.8, 4) is 5.75 Å². The van der Waals surface area contributed by atoms with E-state index in [4.69, 9.17) is 4.74 Å². The summed E-state index contributed by atoms with van der Waals surface area (Å²) in [7, 11) is 1.50. The van der Waals surface area contributed by atoms with Gasteiger partial charge in [-0.3, -0.25) is 14.6 Å². The minimum atomic E-state index is -1.09. The lowest BCUT2D eigenvalue weighted by Gasteiger charge is -2.16. The largest absolute Gasteiger partial charge is 0.497 e. The number of fused-ring (bicyclic) bond motifs is 1. The number of pyridine rings is 1. The second kappa shape index (κ2) is 8.29. The Bertz CT molecular complexity index is 974. The SMILES string of the molecule is COc1cccc(C(=O)N[C@@H](CO)C(=O)Nc2ccc3ncccc3c2)c1.